The molecule has 0 rings (SSSR count). The van der Waals surface area contributed by atoms with E-state index in [-0.39, 0.29) is 6.10 Å². The summed E-state index contributed by atoms with van der Waals surface area (Å²) in [5.74, 6) is -1.17. The molecule has 0 aromatic carbocycles. The first kappa shape index (κ1) is 11.4. The molecule has 0 heterocycles. The fraction of sp³-hybridized carbons (Fsp3) is 0.889. The van der Waals surface area contributed by atoms with Crippen LogP contribution in [0.1, 0.15) is 33.6 Å². The van der Waals surface area contributed by atoms with Crippen molar-refractivity contribution in [3.8, 4) is 0 Å². The number of carboxylic acid groups (broad SMARTS) is 1. The fourth-order valence-corrected chi connectivity index (χ4v) is 1.14. The minimum absolute atomic E-state index is 0.127. The zero-order valence-corrected chi connectivity index (χ0v) is 8.04. The van der Waals surface area contributed by atoms with Crippen molar-refractivity contribution in [3.05, 3.63) is 0 Å². The van der Waals surface area contributed by atoms with Gasteiger partial charge in [-0.2, -0.15) is 0 Å². The molecule has 72 valence electrons. The van der Waals surface area contributed by atoms with Crippen molar-refractivity contribution in [1.82, 2.24) is 0 Å². The fourth-order valence-electron chi connectivity index (χ4n) is 1.14. The summed E-state index contributed by atoms with van der Waals surface area (Å²) in [4.78, 5) is 10.6. The van der Waals surface area contributed by atoms with E-state index in [0.29, 0.717) is 6.61 Å². The molecule has 0 aliphatic carbocycles. The topological polar surface area (TPSA) is 46.5 Å². The van der Waals surface area contributed by atoms with Crippen LogP contribution in [0.3, 0.4) is 0 Å². The van der Waals surface area contributed by atoms with E-state index in [0.717, 1.165) is 12.8 Å². The van der Waals surface area contributed by atoms with Gasteiger partial charge in [0.1, 0.15) is 0 Å². The average Bonchev–Trinajstić information content (AvgIpc) is 2.03. The monoisotopic (exact) mass is 174 g/mol. The van der Waals surface area contributed by atoms with Gasteiger partial charge in [0.05, 0.1) is 12.0 Å². The third kappa shape index (κ3) is 3.72. The maximum Gasteiger partial charge on any atom is 0.308 e. The summed E-state index contributed by atoms with van der Waals surface area (Å²) in [7, 11) is 0. The Morgan fingerprint density at radius 1 is 1.50 bits per heavy atom. The van der Waals surface area contributed by atoms with E-state index >= 15 is 0 Å². The van der Waals surface area contributed by atoms with Crippen LogP contribution in [-0.4, -0.2) is 23.8 Å². The highest BCUT2D eigenvalue weighted by Gasteiger charge is 2.22. The summed E-state index contributed by atoms with van der Waals surface area (Å²) >= 11 is 0. The molecular formula is C9H18O3. The molecule has 3 nitrogen and oxygen atoms in total. The molecule has 0 bridgehead atoms. The Kier molecular flexibility index (Phi) is 5.72. The quantitative estimate of drug-likeness (QED) is 0.669. The van der Waals surface area contributed by atoms with Gasteiger partial charge in [0.2, 0.25) is 0 Å². The highest BCUT2D eigenvalue weighted by Crippen LogP contribution is 2.13. The van der Waals surface area contributed by atoms with E-state index in [1.54, 1.807) is 6.92 Å². The normalized spacial score (nSPS) is 15.6. The maximum absolute atomic E-state index is 10.6. The third-order valence-corrected chi connectivity index (χ3v) is 1.90. The van der Waals surface area contributed by atoms with E-state index in [1.807, 2.05) is 13.8 Å². The van der Waals surface area contributed by atoms with E-state index in [2.05, 4.69) is 0 Å². The third-order valence-electron chi connectivity index (χ3n) is 1.90. The molecule has 0 saturated carbocycles. The van der Waals surface area contributed by atoms with Crippen molar-refractivity contribution in [2.24, 2.45) is 5.92 Å². The summed E-state index contributed by atoms with van der Waals surface area (Å²) in [6.45, 7) is 6.19. The van der Waals surface area contributed by atoms with Crippen molar-refractivity contribution in [2.45, 2.75) is 39.7 Å². The van der Waals surface area contributed by atoms with Gasteiger partial charge in [0, 0.05) is 6.61 Å². The molecule has 0 radical (unpaired) electrons. The SMILES string of the molecule is CCCC(OCC)C(C)C(=O)O. The predicted octanol–water partition coefficient (Wildman–Crippen LogP) is 1.91. The van der Waals surface area contributed by atoms with Crippen LogP contribution in [-0.2, 0) is 9.53 Å². The molecule has 3 heteroatoms. The summed E-state index contributed by atoms with van der Waals surface area (Å²) < 4.78 is 5.32. The standard InChI is InChI=1S/C9H18O3/c1-4-6-8(12-5-2)7(3)9(10)11/h7-8H,4-6H2,1-3H3,(H,10,11). The lowest BCUT2D eigenvalue weighted by atomic mass is 10.0. The van der Waals surface area contributed by atoms with Crippen LogP contribution in [0.5, 0.6) is 0 Å². The number of hydrogen-bond donors (Lipinski definition) is 1. The van der Waals surface area contributed by atoms with Gasteiger partial charge in [-0.3, -0.25) is 4.79 Å². The lowest BCUT2D eigenvalue weighted by Gasteiger charge is -2.19. The van der Waals surface area contributed by atoms with Gasteiger partial charge in [-0.25, -0.2) is 0 Å². The second-order valence-electron chi connectivity index (χ2n) is 2.91. The van der Waals surface area contributed by atoms with E-state index in [1.165, 1.54) is 0 Å². The van der Waals surface area contributed by atoms with E-state index in [4.69, 9.17) is 9.84 Å². The Morgan fingerprint density at radius 3 is 2.42 bits per heavy atom. The molecule has 1 N–H and O–H groups in total. The van der Waals surface area contributed by atoms with E-state index in [9.17, 15) is 4.79 Å². The number of rotatable bonds is 6. The lowest BCUT2D eigenvalue weighted by Crippen LogP contribution is -2.28. The van der Waals surface area contributed by atoms with Crippen LogP contribution in [0.4, 0.5) is 0 Å². The smallest absolute Gasteiger partial charge is 0.308 e. The summed E-state index contributed by atoms with van der Waals surface area (Å²) in [6.07, 6.45) is 1.65. The minimum atomic E-state index is -0.776. The zero-order chi connectivity index (χ0) is 9.56. The van der Waals surface area contributed by atoms with Crippen LogP contribution in [0, 0.1) is 5.92 Å². The van der Waals surface area contributed by atoms with Gasteiger partial charge >= 0.3 is 5.97 Å². The van der Waals surface area contributed by atoms with Gasteiger partial charge in [0.15, 0.2) is 0 Å². The molecule has 0 aromatic rings. The first-order valence-electron chi connectivity index (χ1n) is 4.47. The zero-order valence-electron chi connectivity index (χ0n) is 8.04. The minimum Gasteiger partial charge on any atom is -0.481 e. The summed E-state index contributed by atoms with van der Waals surface area (Å²) in [5.41, 5.74) is 0. The second-order valence-corrected chi connectivity index (χ2v) is 2.91. The number of carboxylic acids is 1. The molecular weight excluding hydrogens is 156 g/mol. The van der Waals surface area contributed by atoms with Gasteiger partial charge in [0.25, 0.3) is 0 Å². The Balaban J connectivity index is 3.98. The molecule has 12 heavy (non-hydrogen) atoms. The van der Waals surface area contributed by atoms with Crippen molar-refractivity contribution >= 4 is 5.97 Å². The Hall–Kier alpha value is -0.570. The Morgan fingerprint density at radius 2 is 2.08 bits per heavy atom. The van der Waals surface area contributed by atoms with Crippen LogP contribution < -0.4 is 0 Å². The maximum atomic E-state index is 10.6. The van der Waals surface area contributed by atoms with Crippen LogP contribution >= 0.6 is 0 Å². The second kappa shape index (κ2) is 6.00. The highest BCUT2D eigenvalue weighted by molar-refractivity contribution is 5.70. The summed E-state index contributed by atoms with van der Waals surface area (Å²) in [5, 5.41) is 8.73. The van der Waals surface area contributed by atoms with E-state index < -0.39 is 11.9 Å². The van der Waals surface area contributed by atoms with Gasteiger partial charge < -0.3 is 9.84 Å². The highest BCUT2D eigenvalue weighted by atomic mass is 16.5. The molecule has 0 fully saturated rings. The molecule has 0 aromatic heterocycles. The number of carbonyl (C=O) groups is 1. The first-order valence-corrected chi connectivity index (χ1v) is 4.47. The van der Waals surface area contributed by atoms with Crippen LogP contribution in [0.25, 0.3) is 0 Å². The molecule has 0 amide bonds. The largest absolute Gasteiger partial charge is 0.481 e. The molecule has 0 spiro atoms. The predicted molar refractivity (Wildman–Crippen MR) is 47.1 cm³/mol. The Labute approximate surface area is 73.7 Å². The molecule has 0 saturated heterocycles. The lowest BCUT2D eigenvalue weighted by molar-refractivity contribution is -0.146. The molecule has 0 aliphatic rings. The number of hydrogen-bond acceptors (Lipinski definition) is 2. The molecule has 2 atom stereocenters. The van der Waals surface area contributed by atoms with Crippen molar-refractivity contribution < 1.29 is 14.6 Å². The van der Waals surface area contributed by atoms with Gasteiger partial charge in [-0.05, 0) is 20.3 Å². The first-order chi connectivity index (χ1) is 5.63. The van der Waals surface area contributed by atoms with Crippen molar-refractivity contribution in [3.63, 3.8) is 0 Å². The number of ether oxygens (including phenoxy) is 1. The van der Waals surface area contributed by atoms with Crippen molar-refractivity contribution in [2.75, 3.05) is 6.61 Å². The molecule has 2 unspecified atom stereocenters. The van der Waals surface area contributed by atoms with Crippen LogP contribution in [0.2, 0.25) is 0 Å². The Bertz CT molecular complexity index is 128. The van der Waals surface area contributed by atoms with Gasteiger partial charge in [-0.15, -0.1) is 0 Å². The van der Waals surface area contributed by atoms with Gasteiger partial charge in [-0.1, -0.05) is 13.3 Å². The van der Waals surface area contributed by atoms with Crippen LogP contribution in [0.15, 0.2) is 0 Å². The molecule has 0 aliphatic heterocycles. The summed E-state index contributed by atoms with van der Waals surface area (Å²) in [6, 6.07) is 0. The van der Waals surface area contributed by atoms with Crippen molar-refractivity contribution in [1.29, 1.82) is 0 Å². The number of aliphatic carboxylic acids is 1. The average molecular weight is 174 g/mol.